The topological polar surface area (TPSA) is 55.1 Å². The van der Waals surface area contributed by atoms with Crippen LogP contribution in [-0.4, -0.2) is 26.1 Å². The number of rotatable bonds is 4. The number of aryl methyl sites for hydroxylation is 1. The number of aromatic nitrogens is 4. The van der Waals surface area contributed by atoms with Gasteiger partial charge in [0.05, 0.1) is 0 Å². The van der Waals surface area contributed by atoms with Crippen LogP contribution < -0.4 is 5.32 Å². The molecule has 2 rings (SSSR count). The average molecular weight is 219 g/mol. The molecule has 0 aliphatic rings. The Morgan fingerprint density at radius 2 is 2.19 bits per heavy atom. The van der Waals surface area contributed by atoms with E-state index in [0.717, 1.165) is 30.3 Å². The van der Waals surface area contributed by atoms with Crippen molar-refractivity contribution in [3.63, 3.8) is 0 Å². The normalized spacial score (nSPS) is 11.2. The van der Waals surface area contributed by atoms with Crippen LogP contribution in [0.25, 0.3) is 5.65 Å². The lowest BCUT2D eigenvalue weighted by Gasteiger charge is -2.07. The number of nitrogens with zero attached hydrogens (tertiary/aromatic N) is 4. The summed E-state index contributed by atoms with van der Waals surface area (Å²) in [6.45, 7) is 7.25. The monoisotopic (exact) mass is 219 g/mol. The van der Waals surface area contributed by atoms with Gasteiger partial charge in [0.25, 0.3) is 0 Å². The fraction of sp³-hybridized carbons (Fsp3) is 0.545. The fourth-order valence-corrected chi connectivity index (χ4v) is 1.55. The molecule has 16 heavy (non-hydrogen) atoms. The van der Waals surface area contributed by atoms with Gasteiger partial charge in [0.1, 0.15) is 5.82 Å². The van der Waals surface area contributed by atoms with Gasteiger partial charge in [-0.25, -0.2) is 4.98 Å². The first-order valence-electron chi connectivity index (χ1n) is 5.58. The van der Waals surface area contributed by atoms with Crippen LogP contribution >= 0.6 is 0 Å². The minimum absolute atomic E-state index is 0.687. The minimum atomic E-state index is 0.687. The van der Waals surface area contributed by atoms with Crippen molar-refractivity contribution in [2.24, 2.45) is 5.92 Å². The van der Waals surface area contributed by atoms with Crippen molar-refractivity contribution in [2.75, 3.05) is 11.9 Å². The quantitative estimate of drug-likeness (QED) is 0.853. The average Bonchev–Trinajstić information content (AvgIpc) is 2.61. The van der Waals surface area contributed by atoms with Crippen LogP contribution in [0.3, 0.4) is 0 Å². The van der Waals surface area contributed by atoms with Gasteiger partial charge >= 0.3 is 0 Å². The van der Waals surface area contributed by atoms with Crippen molar-refractivity contribution in [3.8, 4) is 0 Å². The predicted octanol–water partition coefficient (Wildman–Crippen LogP) is 1.89. The Kier molecular flexibility index (Phi) is 3.03. The summed E-state index contributed by atoms with van der Waals surface area (Å²) in [6.07, 6.45) is 4.76. The van der Waals surface area contributed by atoms with Crippen molar-refractivity contribution < 1.29 is 0 Å². The molecule has 0 atom stereocenters. The highest BCUT2D eigenvalue weighted by atomic mass is 15.3. The predicted molar refractivity (Wildman–Crippen MR) is 63.5 cm³/mol. The van der Waals surface area contributed by atoms with Crippen molar-refractivity contribution in [1.82, 2.24) is 19.6 Å². The molecule has 2 aromatic heterocycles. The Hall–Kier alpha value is -1.65. The van der Waals surface area contributed by atoms with Crippen LogP contribution in [0.2, 0.25) is 0 Å². The standard InChI is InChI=1S/C11H17N5/c1-8(2)4-5-12-10-11-15-14-9(3)16(11)7-6-13-10/h6-8H,4-5H2,1-3H3,(H,12,13). The molecule has 0 unspecified atom stereocenters. The molecule has 0 radical (unpaired) electrons. The molecule has 0 amide bonds. The van der Waals surface area contributed by atoms with Gasteiger partial charge in [-0.1, -0.05) is 13.8 Å². The maximum Gasteiger partial charge on any atom is 0.203 e. The smallest absolute Gasteiger partial charge is 0.203 e. The molecule has 2 aromatic rings. The van der Waals surface area contributed by atoms with E-state index in [1.165, 1.54) is 0 Å². The highest BCUT2D eigenvalue weighted by Crippen LogP contribution is 2.12. The molecular formula is C11H17N5. The highest BCUT2D eigenvalue weighted by molar-refractivity contribution is 5.61. The van der Waals surface area contributed by atoms with E-state index >= 15 is 0 Å². The first-order valence-corrected chi connectivity index (χ1v) is 5.58. The summed E-state index contributed by atoms with van der Waals surface area (Å²) in [5.74, 6) is 2.37. The van der Waals surface area contributed by atoms with Gasteiger partial charge in [-0.2, -0.15) is 0 Å². The molecule has 5 nitrogen and oxygen atoms in total. The summed E-state index contributed by atoms with van der Waals surface area (Å²) >= 11 is 0. The molecule has 2 heterocycles. The lowest BCUT2D eigenvalue weighted by atomic mass is 10.1. The summed E-state index contributed by atoms with van der Waals surface area (Å²) in [5.41, 5.74) is 0.795. The van der Waals surface area contributed by atoms with Crippen LogP contribution in [0, 0.1) is 12.8 Å². The van der Waals surface area contributed by atoms with Crippen LogP contribution in [0.1, 0.15) is 26.1 Å². The van der Waals surface area contributed by atoms with Crippen LogP contribution in [0.5, 0.6) is 0 Å². The van der Waals surface area contributed by atoms with Gasteiger partial charge in [0.2, 0.25) is 5.65 Å². The van der Waals surface area contributed by atoms with Crippen molar-refractivity contribution >= 4 is 11.5 Å². The van der Waals surface area contributed by atoms with Crippen LogP contribution in [0.15, 0.2) is 12.4 Å². The Morgan fingerprint density at radius 3 is 2.94 bits per heavy atom. The van der Waals surface area contributed by atoms with E-state index < -0.39 is 0 Å². The number of hydrogen-bond acceptors (Lipinski definition) is 4. The van der Waals surface area contributed by atoms with E-state index in [2.05, 4.69) is 34.3 Å². The molecule has 0 fully saturated rings. The lowest BCUT2D eigenvalue weighted by Crippen LogP contribution is -2.07. The number of hydrogen-bond donors (Lipinski definition) is 1. The molecular weight excluding hydrogens is 202 g/mol. The molecule has 86 valence electrons. The van der Waals surface area contributed by atoms with Gasteiger partial charge in [0.15, 0.2) is 5.82 Å². The van der Waals surface area contributed by atoms with Gasteiger partial charge in [-0.3, -0.25) is 4.40 Å². The molecule has 0 saturated heterocycles. The first kappa shape index (κ1) is 10.9. The summed E-state index contributed by atoms with van der Waals surface area (Å²) in [5, 5.41) is 11.4. The maximum absolute atomic E-state index is 4.28. The highest BCUT2D eigenvalue weighted by Gasteiger charge is 2.06. The van der Waals surface area contributed by atoms with E-state index in [1.54, 1.807) is 6.20 Å². The third kappa shape index (κ3) is 2.13. The summed E-state index contributed by atoms with van der Waals surface area (Å²) in [4.78, 5) is 4.28. The zero-order valence-electron chi connectivity index (χ0n) is 9.94. The Morgan fingerprint density at radius 1 is 1.38 bits per heavy atom. The second-order valence-electron chi connectivity index (χ2n) is 4.33. The maximum atomic E-state index is 4.28. The molecule has 0 bridgehead atoms. The number of anilines is 1. The molecule has 0 saturated carbocycles. The Bertz CT molecular complexity index is 474. The third-order valence-corrected chi connectivity index (χ3v) is 2.51. The van der Waals surface area contributed by atoms with Crippen LogP contribution in [0.4, 0.5) is 5.82 Å². The lowest BCUT2D eigenvalue weighted by molar-refractivity contribution is 0.606. The molecule has 0 aliphatic heterocycles. The van der Waals surface area contributed by atoms with E-state index in [9.17, 15) is 0 Å². The second kappa shape index (κ2) is 4.47. The van der Waals surface area contributed by atoms with Gasteiger partial charge in [0, 0.05) is 18.9 Å². The van der Waals surface area contributed by atoms with E-state index in [4.69, 9.17) is 0 Å². The van der Waals surface area contributed by atoms with E-state index in [0.29, 0.717) is 5.92 Å². The van der Waals surface area contributed by atoms with E-state index in [-0.39, 0.29) is 0 Å². The number of fused-ring (bicyclic) bond motifs is 1. The zero-order chi connectivity index (χ0) is 11.5. The number of nitrogens with one attached hydrogen (secondary N) is 1. The first-order chi connectivity index (χ1) is 7.68. The SMILES string of the molecule is Cc1nnc2c(NCCC(C)C)nccn12. The molecule has 0 aliphatic carbocycles. The van der Waals surface area contributed by atoms with Gasteiger partial charge in [-0.05, 0) is 19.3 Å². The Labute approximate surface area is 94.9 Å². The van der Waals surface area contributed by atoms with Crippen LogP contribution in [-0.2, 0) is 0 Å². The third-order valence-electron chi connectivity index (χ3n) is 2.51. The minimum Gasteiger partial charge on any atom is -0.367 e. The summed E-state index contributed by atoms with van der Waals surface area (Å²) in [7, 11) is 0. The van der Waals surface area contributed by atoms with Crippen molar-refractivity contribution in [3.05, 3.63) is 18.2 Å². The van der Waals surface area contributed by atoms with E-state index in [1.807, 2.05) is 17.5 Å². The fourth-order valence-electron chi connectivity index (χ4n) is 1.55. The van der Waals surface area contributed by atoms with Gasteiger partial charge < -0.3 is 5.32 Å². The molecule has 5 heteroatoms. The molecule has 1 N–H and O–H groups in total. The van der Waals surface area contributed by atoms with Crippen molar-refractivity contribution in [2.45, 2.75) is 27.2 Å². The largest absolute Gasteiger partial charge is 0.367 e. The summed E-state index contributed by atoms with van der Waals surface area (Å²) < 4.78 is 1.94. The Balaban J connectivity index is 2.17. The molecule has 0 aromatic carbocycles. The zero-order valence-corrected chi connectivity index (χ0v) is 9.94. The molecule has 0 spiro atoms. The van der Waals surface area contributed by atoms with Crippen molar-refractivity contribution in [1.29, 1.82) is 0 Å². The second-order valence-corrected chi connectivity index (χ2v) is 4.33. The van der Waals surface area contributed by atoms with Gasteiger partial charge in [-0.15, -0.1) is 10.2 Å². The summed E-state index contributed by atoms with van der Waals surface area (Å²) in [6, 6.07) is 0.